The van der Waals surface area contributed by atoms with E-state index in [1.165, 1.54) is 32.1 Å². The van der Waals surface area contributed by atoms with E-state index in [9.17, 15) is 15.3 Å². The quantitative estimate of drug-likeness (QED) is 0.173. The zero-order valence-electron chi connectivity index (χ0n) is 27.1. The number of hydrogen-bond acceptors (Lipinski definition) is 5. The van der Waals surface area contributed by atoms with Crippen LogP contribution in [0.2, 0.25) is 0 Å². The molecule has 5 aromatic carbocycles. The van der Waals surface area contributed by atoms with Gasteiger partial charge in [-0.05, 0) is 65.4 Å². The van der Waals surface area contributed by atoms with Crippen LogP contribution < -0.4 is 4.90 Å². The van der Waals surface area contributed by atoms with Crippen LogP contribution in [0.15, 0.2) is 139 Å². The number of aryl methyl sites for hydroxylation is 1. The van der Waals surface area contributed by atoms with Crippen LogP contribution in [-0.4, -0.2) is 44.4 Å². The maximum absolute atomic E-state index is 11.8. The van der Waals surface area contributed by atoms with Crippen molar-refractivity contribution >= 4 is 16.5 Å². The fourth-order valence-electron chi connectivity index (χ4n) is 8.23. The summed E-state index contributed by atoms with van der Waals surface area (Å²) >= 11 is 0. The summed E-state index contributed by atoms with van der Waals surface area (Å²) in [4.78, 5) is 2.24. The number of anilines is 1. The van der Waals surface area contributed by atoms with E-state index in [-0.39, 0.29) is 5.88 Å². The number of aromatic nitrogens is 2. The van der Waals surface area contributed by atoms with Crippen LogP contribution in [0.4, 0.5) is 5.69 Å². The number of para-hydroxylation sites is 2. The Labute approximate surface area is 280 Å². The summed E-state index contributed by atoms with van der Waals surface area (Å²) in [7, 11) is 2.09. The van der Waals surface area contributed by atoms with Crippen LogP contribution in [0.5, 0.6) is 5.88 Å². The Balaban J connectivity index is 1.22. The lowest BCUT2D eigenvalue weighted by molar-refractivity contribution is -0.0955. The average Bonchev–Trinajstić information content (AvgIpc) is 3.53. The minimum absolute atomic E-state index is 0.0481. The van der Waals surface area contributed by atoms with Gasteiger partial charge in [0.05, 0.1) is 23.6 Å². The minimum atomic E-state index is -0.905. The van der Waals surface area contributed by atoms with Crippen molar-refractivity contribution in [1.29, 1.82) is 0 Å². The molecule has 6 aromatic rings. The van der Waals surface area contributed by atoms with Crippen molar-refractivity contribution in [3.05, 3.63) is 167 Å². The molecule has 8 rings (SSSR count). The molecule has 48 heavy (non-hydrogen) atoms. The highest BCUT2D eigenvalue weighted by Crippen LogP contribution is 2.54. The van der Waals surface area contributed by atoms with E-state index in [0.29, 0.717) is 11.3 Å². The third-order valence-electron chi connectivity index (χ3n) is 10.6. The van der Waals surface area contributed by atoms with Gasteiger partial charge in [-0.1, -0.05) is 115 Å². The van der Waals surface area contributed by atoms with E-state index < -0.39 is 29.5 Å². The number of likely N-dealkylation sites (N-methyl/N-ethyl adjacent to an activating group) is 1. The van der Waals surface area contributed by atoms with Crippen LogP contribution >= 0.6 is 0 Å². The highest BCUT2D eigenvalue weighted by atomic mass is 16.3. The number of allylic oxidation sites excluding steroid dienone is 1. The fourth-order valence-corrected chi connectivity index (χ4v) is 8.23. The largest absolute Gasteiger partial charge is 0.493 e. The van der Waals surface area contributed by atoms with Crippen molar-refractivity contribution in [3.8, 4) is 11.6 Å². The second-order valence-electron chi connectivity index (χ2n) is 13.4. The molecule has 2 heterocycles. The van der Waals surface area contributed by atoms with E-state index in [1.54, 1.807) is 0 Å². The number of benzene rings is 5. The van der Waals surface area contributed by atoms with Gasteiger partial charge >= 0.3 is 0 Å². The lowest BCUT2D eigenvalue weighted by Gasteiger charge is -2.46. The van der Waals surface area contributed by atoms with Gasteiger partial charge < -0.3 is 20.2 Å². The van der Waals surface area contributed by atoms with Crippen molar-refractivity contribution in [1.82, 2.24) is 9.78 Å². The van der Waals surface area contributed by atoms with Crippen LogP contribution in [0.1, 0.15) is 33.9 Å². The van der Waals surface area contributed by atoms with E-state index in [2.05, 4.69) is 114 Å². The van der Waals surface area contributed by atoms with Crippen molar-refractivity contribution in [2.75, 3.05) is 11.9 Å². The first-order chi connectivity index (χ1) is 23.4. The second-order valence-corrected chi connectivity index (χ2v) is 13.4. The van der Waals surface area contributed by atoms with Gasteiger partial charge in [0.1, 0.15) is 0 Å². The topological polar surface area (TPSA) is 81.8 Å². The molecule has 2 aliphatic rings. The lowest BCUT2D eigenvalue weighted by Crippen LogP contribution is -2.53. The predicted octanol–water partition coefficient (Wildman–Crippen LogP) is 7.23. The molecule has 3 N–H and O–H groups in total. The van der Waals surface area contributed by atoms with Gasteiger partial charge in [0.15, 0.2) is 0 Å². The number of hydrogen-bond donors (Lipinski definition) is 3. The first-order valence-corrected chi connectivity index (χ1v) is 16.6. The van der Waals surface area contributed by atoms with Gasteiger partial charge in [-0.15, -0.1) is 0 Å². The Morgan fingerprint density at radius 3 is 2.10 bits per heavy atom. The molecule has 1 saturated carbocycles. The van der Waals surface area contributed by atoms with Gasteiger partial charge in [-0.3, -0.25) is 0 Å². The van der Waals surface area contributed by atoms with Crippen LogP contribution in [-0.2, 0) is 18.3 Å². The van der Waals surface area contributed by atoms with Gasteiger partial charge in [0.2, 0.25) is 5.88 Å². The Hall–Kier alpha value is -5.17. The fraction of sp³-hybridized carbons (Fsp3) is 0.214. The molecule has 0 bridgehead atoms. The van der Waals surface area contributed by atoms with E-state index in [4.69, 9.17) is 0 Å². The summed E-state index contributed by atoms with van der Waals surface area (Å²) in [6.45, 7) is 1.82. The van der Waals surface area contributed by atoms with E-state index in [0.717, 1.165) is 29.9 Å². The summed E-state index contributed by atoms with van der Waals surface area (Å²) in [6, 6.07) is 43.7. The molecule has 6 heteroatoms. The van der Waals surface area contributed by atoms with E-state index >= 15 is 0 Å². The third-order valence-corrected chi connectivity index (χ3v) is 10.6. The van der Waals surface area contributed by atoms with Crippen LogP contribution in [0.3, 0.4) is 0 Å². The number of rotatable bonds is 7. The summed E-state index contributed by atoms with van der Waals surface area (Å²) in [5, 5.41) is 41.9. The number of aromatic hydroxyl groups is 1. The Kier molecular flexibility index (Phi) is 7.43. The van der Waals surface area contributed by atoms with Crippen LogP contribution in [0, 0.1) is 12.8 Å². The Bertz CT molecular complexity index is 2130. The molecule has 0 saturated heterocycles. The number of fused-ring (bicyclic) bond motifs is 2. The van der Waals surface area contributed by atoms with Gasteiger partial charge in [0, 0.05) is 41.2 Å². The molecule has 0 radical (unpaired) electrons. The maximum atomic E-state index is 11.8. The number of nitrogens with zero attached hydrogens (tertiary/aromatic N) is 3. The first kappa shape index (κ1) is 30.2. The Morgan fingerprint density at radius 2 is 1.35 bits per heavy atom. The summed E-state index contributed by atoms with van der Waals surface area (Å²) in [6.07, 6.45) is 1.78. The molecule has 1 aliphatic carbocycles. The zero-order valence-corrected chi connectivity index (χ0v) is 27.1. The van der Waals surface area contributed by atoms with Gasteiger partial charge in [-0.2, -0.15) is 5.10 Å². The zero-order chi connectivity index (χ0) is 33.0. The monoisotopic (exact) mass is 633 g/mol. The molecule has 240 valence electrons. The van der Waals surface area contributed by atoms with Crippen molar-refractivity contribution in [2.24, 2.45) is 5.92 Å². The van der Waals surface area contributed by atoms with Gasteiger partial charge in [0.25, 0.3) is 0 Å². The summed E-state index contributed by atoms with van der Waals surface area (Å²) in [5.41, 5.74) is 7.19. The van der Waals surface area contributed by atoms with Crippen molar-refractivity contribution < 1.29 is 15.3 Å². The molecular formula is C42H39N3O3. The Morgan fingerprint density at radius 1 is 0.729 bits per heavy atom. The minimum Gasteiger partial charge on any atom is -0.493 e. The van der Waals surface area contributed by atoms with E-state index in [1.807, 2.05) is 43.3 Å². The smallest absolute Gasteiger partial charge is 0.218 e. The summed E-state index contributed by atoms with van der Waals surface area (Å²) in [5.74, 6) is -1.25. The highest BCUT2D eigenvalue weighted by Gasteiger charge is 2.54. The SMILES string of the molecule is Cc1nn(-c2ccccc2)c(O)c1C1C(O)C(/C=C2/N(C)c3ccccc3C2(Cc2ccccc2)Cc2ccc3ccccc3c2)C1O. The predicted molar refractivity (Wildman–Crippen MR) is 191 cm³/mol. The molecule has 0 amide bonds. The normalized spacial score (nSPS) is 24.2. The molecule has 3 atom stereocenters. The first-order valence-electron chi connectivity index (χ1n) is 16.6. The van der Waals surface area contributed by atoms with Crippen LogP contribution in [0.25, 0.3) is 16.5 Å². The number of aliphatic hydroxyl groups is 2. The molecule has 0 spiro atoms. The third kappa shape index (κ3) is 4.83. The average molecular weight is 634 g/mol. The van der Waals surface area contributed by atoms with Crippen molar-refractivity contribution in [2.45, 2.75) is 43.3 Å². The molecular weight excluding hydrogens is 594 g/mol. The standard InChI is InChI=1S/C42H39N3O3/c1-27-37(41(48)45(43-27)32-17-7-4-8-18-32)38-39(46)33(40(38)47)24-36-42(25-28-13-5-3-6-14-28,34-19-11-12-20-35(34)44(36)2)26-29-21-22-30-15-9-10-16-31(30)23-29/h3-24,33,38-40,46-48H,25-26H2,1-2H3/b36-24+. The molecule has 1 aromatic heterocycles. The van der Waals surface area contributed by atoms with Crippen molar-refractivity contribution in [3.63, 3.8) is 0 Å². The highest BCUT2D eigenvalue weighted by molar-refractivity contribution is 5.83. The number of aliphatic hydroxyl groups excluding tert-OH is 2. The lowest BCUT2D eigenvalue weighted by atomic mass is 9.63. The molecule has 1 aliphatic heterocycles. The molecule has 3 unspecified atom stereocenters. The second kappa shape index (κ2) is 11.8. The maximum Gasteiger partial charge on any atom is 0.218 e. The molecule has 1 fully saturated rings. The summed E-state index contributed by atoms with van der Waals surface area (Å²) < 4.78 is 1.48. The molecule has 6 nitrogen and oxygen atoms in total. The van der Waals surface area contributed by atoms with Gasteiger partial charge in [-0.25, -0.2) is 4.68 Å².